The SMILES string of the molecule is Cc1cc(C(=O)COC(=O)CCC(=O)NC(C)c2ccccc2)c(C)s1. The maximum atomic E-state index is 12.1. The second kappa shape index (κ2) is 9.29. The summed E-state index contributed by atoms with van der Waals surface area (Å²) in [7, 11) is 0. The van der Waals surface area contributed by atoms with Crippen LogP contribution in [0, 0.1) is 13.8 Å². The molecule has 0 spiro atoms. The summed E-state index contributed by atoms with van der Waals surface area (Å²) in [4.78, 5) is 37.8. The van der Waals surface area contributed by atoms with Crippen LogP contribution in [0.15, 0.2) is 36.4 Å². The molecule has 1 aromatic heterocycles. The molecule has 0 aliphatic heterocycles. The average Bonchev–Trinajstić information content (AvgIpc) is 2.97. The largest absolute Gasteiger partial charge is 0.457 e. The molecule has 138 valence electrons. The van der Waals surface area contributed by atoms with Gasteiger partial charge in [-0.3, -0.25) is 14.4 Å². The molecule has 0 fully saturated rings. The molecular weight excluding hydrogens is 350 g/mol. The Labute approximate surface area is 157 Å². The van der Waals surface area contributed by atoms with Crippen LogP contribution in [-0.2, 0) is 14.3 Å². The molecule has 6 heteroatoms. The highest BCUT2D eigenvalue weighted by Gasteiger charge is 2.16. The van der Waals surface area contributed by atoms with Gasteiger partial charge < -0.3 is 10.1 Å². The van der Waals surface area contributed by atoms with Crippen LogP contribution in [0.2, 0.25) is 0 Å². The van der Waals surface area contributed by atoms with Gasteiger partial charge in [0.15, 0.2) is 6.61 Å². The van der Waals surface area contributed by atoms with Crippen molar-refractivity contribution in [1.29, 1.82) is 0 Å². The molecule has 0 radical (unpaired) electrons. The summed E-state index contributed by atoms with van der Waals surface area (Å²) in [6.45, 7) is 5.38. The quantitative estimate of drug-likeness (QED) is 0.565. The molecule has 0 bridgehead atoms. The number of aryl methyl sites for hydroxylation is 2. The fourth-order valence-corrected chi connectivity index (χ4v) is 3.50. The van der Waals surface area contributed by atoms with Gasteiger partial charge in [0.2, 0.25) is 11.7 Å². The number of thiophene rings is 1. The lowest BCUT2D eigenvalue weighted by molar-refractivity contribution is -0.143. The van der Waals surface area contributed by atoms with E-state index in [0.717, 1.165) is 15.3 Å². The van der Waals surface area contributed by atoms with E-state index in [0.29, 0.717) is 5.56 Å². The Morgan fingerprint density at radius 2 is 1.81 bits per heavy atom. The third-order valence-electron chi connectivity index (χ3n) is 3.94. The van der Waals surface area contributed by atoms with Gasteiger partial charge in [0.25, 0.3) is 0 Å². The number of esters is 1. The minimum atomic E-state index is -0.550. The third-order valence-corrected chi connectivity index (χ3v) is 4.90. The Morgan fingerprint density at radius 1 is 1.12 bits per heavy atom. The Hall–Kier alpha value is -2.47. The number of Topliss-reactive ketones (excluding diaryl/α,β-unsaturated/α-hetero) is 1. The van der Waals surface area contributed by atoms with Gasteiger partial charge >= 0.3 is 5.97 Å². The van der Waals surface area contributed by atoms with Gasteiger partial charge in [0.1, 0.15) is 0 Å². The van der Waals surface area contributed by atoms with Crippen LogP contribution in [0.3, 0.4) is 0 Å². The fraction of sp³-hybridized carbons (Fsp3) is 0.350. The first kappa shape index (κ1) is 19.8. The lowest BCUT2D eigenvalue weighted by Gasteiger charge is -2.14. The molecule has 0 aliphatic rings. The molecule has 1 N–H and O–H groups in total. The summed E-state index contributed by atoms with van der Waals surface area (Å²) < 4.78 is 5.00. The van der Waals surface area contributed by atoms with Crippen LogP contribution < -0.4 is 5.32 Å². The van der Waals surface area contributed by atoms with E-state index in [1.165, 1.54) is 11.3 Å². The zero-order chi connectivity index (χ0) is 19.1. The van der Waals surface area contributed by atoms with E-state index in [-0.39, 0.29) is 37.2 Å². The second-order valence-electron chi connectivity index (χ2n) is 6.11. The van der Waals surface area contributed by atoms with Gasteiger partial charge in [-0.25, -0.2) is 0 Å². The highest BCUT2D eigenvalue weighted by molar-refractivity contribution is 7.12. The Balaban J connectivity index is 1.72. The van der Waals surface area contributed by atoms with Crippen LogP contribution in [0.1, 0.15) is 51.5 Å². The van der Waals surface area contributed by atoms with Crippen molar-refractivity contribution in [2.75, 3.05) is 6.61 Å². The summed E-state index contributed by atoms with van der Waals surface area (Å²) in [5.74, 6) is -0.998. The van der Waals surface area contributed by atoms with Crippen molar-refractivity contribution < 1.29 is 19.1 Å². The summed E-state index contributed by atoms with van der Waals surface area (Å²) in [5.41, 5.74) is 1.59. The molecule has 0 aliphatic carbocycles. The van der Waals surface area contributed by atoms with E-state index >= 15 is 0 Å². The van der Waals surface area contributed by atoms with Gasteiger partial charge in [-0.1, -0.05) is 30.3 Å². The molecule has 1 amide bonds. The van der Waals surface area contributed by atoms with Crippen molar-refractivity contribution in [3.63, 3.8) is 0 Å². The zero-order valence-electron chi connectivity index (χ0n) is 15.2. The van der Waals surface area contributed by atoms with Crippen LogP contribution in [0.25, 0.3) is 0 Å². The number of benzene rings is 1. The average molecular weight is 373 g/mol. The number of carbonyl (C=O) groups excluding carboxylic acids is 3. The highest BCUT2D eigenvalue weighted by Crippen LogP contribution is 2.21. The molecule has 0 saturated carbocycles. The molecular formula is C20H23NO4S. The topological polar surface area (TPSA) is 72.5 Å². The van der Waals surface area contributed by atoms with E-state index < -0.39 is 5.97 Å². The summed E-state index contributed by atoms with van der Waals surface area (Å²) in [6.07, 6.45) is -0.0247. The third kappa shape index (κ3) is 5.81. The molecule has 5 nitrogen and oxygen atoms in total. The normalized spacial score (nSPS) is 11.7. The first-order valence-corrected chi connectivity index (χ1v) is 9.28. The molecule has 26 heavy (non-hydrogen) atoms. The van der Waals surface area contributed by atoms with Gasteiger partial charge in [-0.2, -0.15) is 0 Å². The van der Waals surface area contributed by atoms with E-state index in [2.05, 4.69) is 5.32 Å². The first-order chi connectivity index (χ1) is 12.4. The number of carbonyl (C=O) groups is 3. The summed E-state index contributed by atoms with van der Waals surface area (Å²) in [6, 6.07) is 11.2. The maximum absolute atomic E-state index is 12.1. The zero-order valence-corrected chi connectivity index (χ0v) is 16.0. The van der Waals surface area contributed by atoms with Crippen molar-refractivity contribution in [1.82, 2.24) is 5.32 Å². The number of nitrogens with one attached hydrogen (secondary N) is 1. The van der Waals surface area contributed by atoms with Gasteiger partial charge in [0.05, 0.1) is 12.5 Å². The minimum absolute atomic E-state index is 0.0286. The van der Waals surface area contributed by atoms with Crippen molar-refractivity contribution >= 4 is 29.0 Å². The highest BCUT2D eigenvalue weighted by atomic mass is 32.1. The molecule has 1 aromatic carbocycles. The fourth-order valence-electron chi connectivity index (χ4n) is 2.56. The minimum Gasteiger partial charge on any atom is -0.457 e. The Bertz CT molecular complexity index is 782. The monoisotopic (exact) mass is 373 g/mol. The second-order valence-corrected chi connectivity index (χ2v) is 7.57. The summed E-state index contributed by atoms with van der Waals surface area (Å²) >= 11 is 1.54. The number of amides is 1. The summed E-state index contributed by atoms with van der Waals surface area (Å²) in [5, 5.41) is 2.84. The van der Waals surface area contributed by atoms with Crippen molar-refractivity contribution in [3.8, 4) is 0 Å². The number of hydrogen-bond acceptors (Lipinski definition) is 5. The smallest absolute Gasteiger partial charge is 0.306 e. The van der Waals surface area contributed by atoms with E-state index in [9.17, 15) is 14.4 Å². The standard InChI is InChI=1S/C20H23NO4S/c1-13-11-17(15(3)26-13)18(22)12-25-20(24)10-9-19(23)21-14(2)16-7-5-4-6-8-16/h4-8,11,14H,9-10,12H2,1-3H3,(H,21,23). The van der Waals surface area contributed by atoms with Gasteiger partial charge in [-0.05, 0) is 32.4 Å². The van der Waals surface area contributed by atoms with Crippen molar-refractivity contribution in [2.24, 2.45) is 0 Å². The van der Waals surface area contributed by atoms with Gasteiger partial charge in [-0.15, -0.1) is 11.3 Å². The van der Waals surface area contributed by atoms with E-state index in [1.54, 1.807) is 6.07 Å². The lowest BCUT2D eigenvalue weighted by atomic mass is 10.1. The van der Waals surface area contributed by atoms with Crippen LogP contribution in [0.4, 0.5) is 0 Å². The Kier molecular flexibility index (Phi) is 7.09. The van der Waals surface area contributed by atoms with Gasteiger partial charge in [0, 0.05) is 21.7 Å². The first-order valence-electron chi connectivity index (χ1n) is 8.47. The van der Waals surface area contributed by atoms with E-state index in [1.807, 2.05) is 51.1 Å². The predicted octanol–water partition coefficient (Wildman–Crippen LogP) is 3.75. The lowest BCUT2D eigenvalue weighted by Crippen LogP contribution is -2.27. The Morgan fingerprint density at radius 3 is 2.42 bits per heavy atom. The molecule has 2 rings (SSSR count). The molecule has 1 atom stereocenters. The number of ether oxygens (including phenoxy) is 1. The maximum Gasteiger partial charge on any atom is 0.306 e. The van der Waals surface area contributed by atoms with Crippen LogP contribution >= 0.6 is 11.3 Å². The number of ketones is 1. The van der Waals surface area contributed by atoms with Crippen LogP contribution in [-0.4, -0.2) is 24.3 Å². The molecule has 1 heterocycles. The predicted molar refractivity (Wildman–Crippen MR) is 101 cm³/mol. The molecule has 2 aromatic rings. The number of hydrogen-bond donors (Lipinski definition) is 1. The number of rotatable bonds is 8. The molecule has 0 saturated heterocycles. The van der Waals surface area contributed by atoms with E-state index in [4.69, 9.17) is 4.74 Å². The van der Waals surface area contributed by atoms with Crippen molar-refractivity contribution in [3.05, 3.63) is 57.3 Å². The van der Waals surface area contributed by atoms with Crippen LogP contribution in [0.5, 0.6) is 0 Å². The van der Waals surface area contributed by atoms with Crippen molar-refractivity contribution in [2.45, 2.75) is 39.7 Å². The molecule has 1 unspecified atom stereocenters.